The van der Waals surface area contributed by atoms with Gasteiger partial charge >= 0.3 is 0 Å². The Morgan fingerprint density at radius 2 is 2.10 bits per heavy atom. The van der Waals surface area contributed by atoms with Crippen molar-refractivity contribution in [3.05, 3.63) is 42.0 Å². The second kappa shape index (κ2) is 7.43. The molecule has 0 heterocycles. The Balaban J connectivity index is 2.04. The molecule has 0 aliphatic carbocycles. The van der Waals surface area contributed by atoms with Gasteiger partial charge in [-0.15, -0.1) is 0 Å². The van der Waals surface area contributed by atoms with Crippen molar-refractivity contribution in [2.45, 2.75) is 11.2 Å². The zero-order valence-corrected chi connectivity index (χ0v) is 13.4. The Kier molecular flexibility index (Phi) is 5.59. The number of phenols is 1. The number of hydrogen-bond acceptors (Lipinski definition) is 3. The molecule has 21 heavy (non-hydrogen) atoms. The molecule has 2 aromatic carbocycles. The van der Waals surface area contributed by atoms with Crippen LogP contribution < -0.4 is 5.32 Å². The van der Waals surface area contributed by atoms with Crippen molar-refractivity contribution in [2.75, 3.05) is 20.3 Å². The number of alkyl halides is 1. The molecule has 1 unspecified atom stereocenters. The number of phenolic OH excluding ortho intramolecular Hbond substituents is 1. The molecular formula is C16H18BrNO3. The third-order valence-corrected chi connectivity index (χ3v) is 3.96. The molecule has 0 fully saturated rings. The van der Waals surface area contributed by atoms with E-state index in [2.05, 4.69) is 21.2 Å². The van der Waals surface area contributed by atoms with Crippen LogP contribution in [0, 0.1) is 0 Å². The van der Waals surface area contributed by atoms with Crippen molar-refractivity contribution >= 4 is 32.6 Å². The van der Waals surface area contributed by atoms with Crippen LogP contribution in [0.2, 0.25) is 0 Å². The second-order valence-electron chi connectivity index (χ2n) is 4.78. The topological polar surface area (TPSA) is 58.6 Å². The zero-order valence-electron chi connectivity index (χ0n) is 11.8. The third kappa shape index (κ3) is 3.95. The van der Waals surface area contributed by atoms with Gasteiger partial charge in [-0.1, -0.05) is 46.3 Å². The molecule has 2 N–H and O–H groups in total. The number of hydrogen-bond donors (Lipinski definition) is 2. The fraction of sp³-hybridized carbons (Fsp3) is 0.312. The quantitative estimate of drug-likeness (QED) is 0.786. The Bertz CT molecular complexity index is 630. The summed E-state index contributed by atoms with van der Waals surface area (Å²) < 4.78 is 5.01. The van der Waals surface area contributed by atoms with Gasteiger partial charge in [0.15, 0.2) is 0 Å². The Hall–Kier alpha value is -1.59. The summed E-state index contributed by atoms with van der Waals surface area (Å²) >= 11 is 3.47. The predicted molar refractivity (Wildman–Crippen MR) is 87.2 cm³/mol. The minimum atomic E-state index is -0.268. The van der Waals surface area contributed by atoms with E-state index in [1.807, 2.05) is 24.3 Å². The van der Waals surface area contributed by atoms with Gasteiger partial charge in [0.05, 0.1) is 12.2 Å². The molecular weight excluding hydrogens is 334 g/mol. The molecule has 0 aliphatic rings. The van der Waals surface area contributed by atoms with E-state index in [0.717, 1.165) is 11.8 Å². The van der Waals surface area contributed by atoms with Crippen LogP contribution in [0.25, 0.3) is 10.8 Å². The number of benzene rings is 2. The molecule has 0 aromatic heterocycles. The summed E-state index contributed by atoms with van der Waals surface area (Å²) in [6.07, 6.45) is 0.758. The van der Waals surface area contributed by atoms with Crippen molar-refractivity contribution in [3.8, 4) is 5.75 Å². The number of carbonyl (C=O) groups excluding carboxylic acids is 1. The van der Waals surface area contributed by atoms with E-state index in [4.69, 9.17) is 4.74 Å². The molecule has 1 atom stereocenters. The van der Waals surface area contributed by atoms with Gasteiger partial charge in [0.1, 0.15) is 5.75 Å². The summed E-state index contributed by atoms with van der Waals surface area (Å²) in [6.45, 7) is 1.11. The number of halogens is 1. The number of carbonyl (C=O) groups is 1. The summed E-state index contributed by atoms with van der Waals surface area (Å²) in [5, 5.41) is 14.6. The van der Waals surface area contributed by atoms with E-state index in [0.29, 0.717) is 24.1 Å². The summed E-state index contributed by atoms with van der Waals surface area (Å²) in [5.74, 6) is -0.242. The maximum Gasteiger partial charge on any atom is 0.255 e. The number of amides is 1. The van der Waals surface area contributed by atoms with Gasteiger partial charge in [0, 0.05) is 23.9 Å². The van der Waals surface area contributed by atoms with Gasteiger partial charge in [0.2, 0.25) is 0 Å². The number of rotatable bonds is 6. The van der Waals surface area contributed by atoms with Crippen molar-refractivity contribution in [1.29, 1.82) is 0 Å². The highest BCUT2D eigenvalue weighted by Crippen LogP contribution is 2.28. The molecule has 0 saturated carbocycles. The van der Waals surface area contributed by atoms with Crippen LogP contribution in [0.4, 0.5) is 0 Å². The Labute approximate surface area is 132 Å². The first-order valence-corrected chi connectivity index (χ1v) is 7.67. The van der Waals surface area contributed by atoms with Gasteiger partial charge in [-0.3, -0.25) is 4.79 Å². The average molecular weight is 352 g/mol. The maximum absolute atomic E-state index is 12.1. The molecule has 0 spiro atoms. The smallest absolute Gasteiger partial charge is 0.255 e. The van der Waals surface area contributed by atoms with Crippen molar-refractivity contribution < 1.29 is 14.6 Å². The highest BCUT2D eigenvalue weighted by atomic mass is 79.9. The summed E-state index contributed by atoms with van der Waals surface area (Å²) in [7, 11) is 1.64. The van der Waals surface area contributed by atoms with E-state index in [9.17, 15) is 9.90 Å². The standard InChI is InChI=1S/C16H18BrNO3/c1-21-10-12(17)8-9-18-16(20)14-7-6-11-4-2-3-5-13(11)15(14)19/h2-7,12,19H,8-10H2,1H3,(H,18,20). The SMILES string of the molecule is COCC(Br)CCNC(=O)c1ccc2ccccc2c1O. The lowest BCUT2D eigenvalue weighted by atomic mass is 10.0. The van der Waals surface area contributed by atoms with Crippen LogP contribution in [-0.2, 0) is 4.74 Å². The molecule has 4 nitrogen and oxygen atoms in total. The first-order chi connectivity index (χ1) is 10.1. The normalized spacial score (nSPS) is 12.3. The van der Waals surface area contributed by atoms with Gasteiger partial charge in [-0.05, 0) is 17.9 Å². The van der Waals surface area contributed by atoms with Crippen LogP contribution in [0.3, 0.4) is 0 Å². The fourth-order valence-corrected chi connectivity index (χ4v) is 2.63. The minimum Gasteiger partial charge on any atom is -0.506 e. The summed E-state index contributed by atoms with van der Waals surface area (Å²) in [4.78, 5) is 12.3. The van der Waals surface area contributed by atoms with E-state index < -0.39 is 0 Å². The molecule has 2 rings (SSSR count). The third-order valence-electron chi connectivity index (χ3n) is 3.24. The first-order valence-electron chi connectivity index (χ1n) is 6.75. The van der Waals surface area contributed by atoms with E-state index in [-0.39, 0.29) is 16.5 Å². The van der Waals surface area contributed by atoms with Crippen molar-refractivity contribution in [2.24, 2.45) is 0 Å². The molecule has 0 aliphatic heterocycles. The zero-order chi connectivity index (χ0) is 15.2. The second-order valence-corrected chi connectivity index (χ2v) is 6.08. The summed E-state index contributed by atoms with van der Waals surface area (Å²) in [6, 6.07) is 10.9. The summed E-state index contributed by atoms with van der Waals surface area (Å²) in [5.41, 5.74) is 0.298. The van der Waals surface area contributed by atoms with Gasteiger partial charge in [0.25, 0.3) is 5.91 Å². The number of methoxy groups -OCH3 is 1. The average Bonchev–Trinajstić information content (AvgIpc) is 2.48. The van der Waals surface area contributed by atoms with E-state index >= 15 is 0 Å². The Morgan fingerprint density at radius 3 is 2.86 bits per heavy atom. The van der Waals surface area contributed by atoms with Crippen molar-refractivity contribution in [3.63, 3.8) is 0 Å². The monoisotopic (exact) mass is 351 g/mol. The van der Waals surface area contributed by atoms with Crippen LogP contribution >= 0.6 is 15.9 Å². The fourth-order valence-electron chi connectivity index (χ4n) is 2.14. The lowest BCUT2D eigenvalue weighted by Gasteiger charge is -2.11. The molecule has 112 valence electrons. The molecule has 0 bridgehead atoms. The molecule has 0 saturated heterocycles. The Morgan fingerprint density at radius 1 is 1.33 bits per heavy atom. The highest BCUT2D eigenvalue weighted by molar-refractivity contribution is 9.09. The molecule has 5 heteroatoms. The van der Waals surface area contributed by atoms with E-state index in [1.165, 1.54) is 0 Å². The van der Waals surface area contributed by atoms with Gasteiger partial charge in [-0.2, -0.15) is 0 Å². The highest BCUT2D eigenvalue weighted by Gasteiger charge is 2.13. The van der Waals surface area contributed by atoms with Gasteiger partial charge < -0.3 is 15.2 Å². The first kappa shape index (κ1) is 15.8. The lowest BCUT2D eigenvalue weighted by Crippen LogP contribution is -2.27. The predicted octanol–water partition coefficient (Wildman–Crippen LogP) is 3.08. The van der Waals surface area contributed by atoms with Crippen LogP contribution in [0.1, 0.15) is 16.8 Å². The van der Waals surface area contributed by atoms with Crippen LogP contribution in [0.15, 0.2) is 36.4 Å². The van der Waals surface area contributed by atoms with Crippen molar-refractivity contribution in [1.82, 2.24) is 5.32 Å². The number of fused-ring (bicyclic) bond motifs is 1. The maximum atomic E-state index is 12.1. The molecule has 2 aromatic rings. The van der Waals surface area contributed by atoms with Crippen LogP contribution in [0.5, 0.6) is 5.75 Å². The van der Waals surface area contributed by atoms with Gasteiger partial charge in [-0.25, -0.2) is 0 Å². The van der Waals surface area contributed by atoms with Crippen LogP contribution in [-0.4, -0.2) is 36.1 Å². The lowest BCUT2D eigenvalue weighted by molar-refractivity contribution is 0.0949. The largest absolute Gasteiger partial charge is 0.506 e. The number of ether oxygens (including phenoxy) is 1. The molecule has 1 amide bonds. The van der Waals surface area contributed by atoms with E-state index in [1.54, 1.807) is 19.2 Å². The number of aromatic hydroxyl groups is 1. The molecule has 0 radical (unpaired) electrons. The number of nitrogens with one attached hydrogen (secondary N) is 1. The minimum absolute atomic E-state index is 0.0258.